The van der Waals surface area contributed by atoms with Gasteiger partial charge in [-0.3, -0.25) is 4.90 Å². The highest BCUT2D eigenvalue weighted by Crippen LogP contribution is 2.39. The molecule has 0 saturated carbocycles. The van der Waals surface area contributed by atoms with Crippen LogP contribution in [0, 0.1) is 12.4 Å². The van der Waals surface area contributed by atoms with E-state index in [1.165, 1.54) is 23.1 Å². The monoisotopic (exact) mass is 492 g/mol. The molecule has 0 saturated heterocycles. The van der Waals surface area contributed by atoms with Gasteiger partial charge in [0.1, 0.15) is 23.8 Å². The lowest BCUT2D eigenvalue weighted by atomic mass is 10.0. The highest BCUT2D eigenvalue weighted by molar-refractivity contribution is 6.02. The van der Waals surface area contributed by atoms with Crippen LogP contribution in [-0.4, -0.2) is 42.0 Å². The van der Waals surface area contributed by atoms with Gasteiger partial charge in [0.05, 0.1) is 24.4 Å². The van der Waals surface area contributed by atoms with Crippen LogP contribution >= 0.6 is 0 Å². The molecule has 5 nitrogen and oxygen atoms in total. The summed E-state index contributed by atoms with van der Waals surface area (Å²) < 4.78 is 60.6. The second kappa shape index (κ2) is 8.29. The number of aliphatic imine (C=N–C) groups is 1. The third-order valence-corrected chi connectivity index (χ3v) is 6.52. The molecule has 2 aromatic rings. The predicted octanol–water partition coefficient (Wildman–Crippen LogP) is 5.61. The standard InChI is InChI=1S/C27H20F4N4O/c1-36-24-10-4-9-23-21(24)14-20-16-33(11-12-34(20)23)26-32-25-17(5-2-8-22(25)28)15-35(26)19-7-3-6-18(13-19)27(29,30)31/h2-10,13-14,16,23H,11-12H2,1H3. The van der Waals surface area contributed by atoms with Gasteiger partial charge in [0.2, 0.25) is 5.96 Å². The van der Waals surface area contributed by atoms with Crippen molar-refractivity contribution in [3.05, 3.63) is 113 Å². The minimum absolute atomic E-state index is 0.0440. The van der Waals surface area contributed by atoms with Crippen molar-refractivity contribution in [2.75, 3.05) is 25.1 Å². The lowest BCUT2D eigenvalue weighted by molar-refractivity contribution is -0.137. The number of hydrogen-bond acceptors (Lipinski definition) is 5. The Kier molecular flexibility index (Phi) is 5.17. The number of para-hydroxylation sites is 1. The van der Waals surface area contributed by atoms with E-state index in [0.717, 1.165) is 29.2 Å². The van der Waals surface area contributed by atoms with Crippen molar-refractivity contribution >= 4 is 17.3 Å². The van der Waals surface area contributed by atoms with E-state index < -0.39 is 17.6 Å². The number of rotatable bonds is 2. The van der Waals surface area contributed by atoms with Gasteiger partial charge < -0.3 is 14.5 Å². The molecule has 1 unspecified atom stereocenters. The summed E-state index contributed by atoms with van der Waals surface area (Å²) in [6.07, 6.45) is 5.35. The van der Waals surface area contributed by atoms with E-state index in [-0.39, 0.29) is 23.4 Å². The zero-order chi connectivity index (χ0) is 25.0. The Labute approximate surface area is 205 Å². The Bertz CT molecular complexity index is 1390. The minimum atomic E-state index is -4.51. The Morgan fingerprint density at radius 2 is 1.94 bits per heavy atom. The van der Waals surface area contributed by atoms with E-state index in [1.807, 2.05) is 29.3 Å². The maximum atomic E-state index is 14.7. The molecule has 2 radical (unpaired) electrons. The number of methoxy groups -OCH3 is 1. The average Bonchev–Trinajstić information content (AvgIpc) is 3.26. The second-order valence-corrected chi connectivity index (χ2v) is 8.65. The largest absolute Gasteiger partial charge is 0.496 e. The molecule has 1 aliphatic carbocycles. The summed E-state index contributed by atoms with van der Waals surface area (Å²) in [5.74, 6) is 0.523. The first-order valence-electron chi connectivity index (χ1n) is 11.3. The number of allylic oxidation sites excluding steroid dienone is 3. The zero-order valence-electron chi connectivity index (χ0n) is 19.1. The number of halogens is 4. The molecule has 2 aromatic carbocycles. The maximum Gasteiger partial charge on any atom is 0.416 e. The van der Waals surface area contributed by atoms with Crippen LogP contribution in [0.15, 0.2) is 95.0 Å². The van der Waals surface area contributed by atoms with Crippen molar-refractivity contribution in [2.24, 2.45) is 4.99 Å². The van der Waals surface area contributed by atoms with Crippen molar-refractivity contribution in [2.45, 2.75) is 12.2 Å². The Morgan fingerprint density at radius 3 is 2.75 bits per heavy atom. The molecule has 3 aliphatic heterocycles. The molecule has 0 N–H and O–H groups in total. The van der Waals surface area contributed by atoms with Crippen LogP contribution in [0.25, 0.3) is 0 Å². The van der Waals surface area contributed by atoms with Gasteiger partial charge in [0, 0.05) is 36.1 Å². The molecule has 0 spiro atoms. The molecule has 0 bridgehead atoms. The minimum Gasteiger partial charge on any atom is -0.496 e. The summed E-state index contributed by atoms with van der Waals surface area (Å²) in [7, 11) is 1.63. The first-order valence-corrected chi connectivity index (χ1v) is 11.3. The Morgan fingerprint density at radius 1 is 1.11 bits per heavy atom. The summed E-state index contributed by atoms with van der Waals surface area (Å²) in [4.78, 5) is 10.1. The number of hydrogen-bond donors (Lipinski definition) is 0. The molecule has 1 atom stereocenters. The van der Waals surface area contributed by atoms with Crippen molar-refractivity contribution in [3.8, 4) is 0 Å². The van der Waals surface area contributed by atoms with Crippen LogP contribution in [0.3, 0.4) is 0 Å². The van der Waals surface area contributed by atoms with E-state index in [1.54, 1.807) is 19.2 Å². The summed E-state index contributed by atoms with van der Waals surface area (Å²) >= 11 is 0. The Hall–Kier alpha value is -4.01. The summed E-state index contributed by atoms with van der Waals surface area (Å²) in [5.41, 5.74) is 1.83. The van der Waals surface area contributed by atoms with Gasteiger partial charge in [-0.1, -0.05) is 30.4 Å². The van der Waals surface area contributed by atoms with Crippen LogP contribution in [0.1, 0.15) is 11.1 Å². The zero-order valence-corrected chi connectivity index (χ0v) is 19.1. The Balaban J connectivity index is 1.43. The molecule has 0 aromatic heterocycles. The van der Waals surface area contributed by atoms with E-state index in [4.69, 9.17) is 4.74 Å². The van der Waals surface area contributed by atoms with Crippen molar-refractivity contribution in [3.63, 3.8) is 0 Å². The lowest BCUT2D eigenvalue weighted by Gasteiger charge is -2.40. The van der Waals surface area contributed by atoms with Gasteiger partial charge in [0.15, 0.2) is 0 Å². The number of ether oxygens (including phenoxy) is 1. The average molecular weight is 492 g/mol. The van der Waals surface area contributed by atoms with E-state index in [0.29, 0.717) is 18.7 Å². The first kappa shape index (κ1) is 22.5. The molecule has 36 heavy (non-hydrogen) atoms. The van der Waals surface area contributed by atoms with Crippen LogP contribution in [-0.2, 0) is 10.9 Å². The van der Waals surface area contributed by atoms with Gasteiger partial charge in [0.25, 0.3) is 0 Å². The molecule has 4 aliphatic rings. The van der Waals surface area contributed by atoms with Gasteiger partial charge in [-0.25, -0.2) is 9.38 Å². The number of alkyl halides is 3. The smallest absolute Gasteiger partial charge is 0.416 e. The number of nitrogens with zero attached hydrogens (tertiary/aromatic N) is 4. The fourth-order valence-electron chi connectivity index (χ4n) is 4.82. The molecule has 9 heteroatoms. The first-order chi connectivity index (χ1) is 17.3. The fraction of sp³-hybridized carbons (Fsp3) is 0.185. The van der Waals surface area contributed by atoms with E-state index >= 15 is 0 Å². The third-order valence-electron chi connectivity index (χ3n) is 6.52. The van der Waals surface area contributed by atoms with Gasteiger partial charge in [-0.2, -0.15) is 13.2 Å². The summed E-state index contributed by atoms with van der Waals surface area (Å²) in [6, 6.07) is 9.45. The van der Waals surface area contributed by atoms with Crippen LogP contribution < -0.4 is 4.90 Å². The maximum absolute atomic E-state index is 14.7. The lowest BCUT2D eigenvalue weighted by Crippen LogP contribution is -2.48. The summed E-state index contributed by atoms with van der Waals surface area (Å²) in [6.45, 7) is 4.17. The summed E-state index contributed by atoms with van der Waals surface area (Å²) in [5, 5.41) is 0. The number of guanidine groups is 1. The van der Waals surface area contributed by atoms with Crippen LogP contribution in [0.4, 0.5) is 28.9 Å². The van der Waals surface area contributed by atoms with Crippen LogP contribution in [0.2, 0.25) is 0 Å². The van der Waals surface area contributed by atoms with Crippen molar-refractivity contribution in [1.82, 2.24) is 9.80 Å². The molecular weight excluding hydrogens is 472 g/mol. The van der Waals surface area contributed by atoms with Crippen LogP contribution in [0.5, 0.6) is 0 Å². The topological polar surface area (TPSA) is 31.3 Å². The van der Waals surface area contributed by atoms with Crippen molar-refractivity contribution < 1.29 is 22.3 Å². The molecule has 3 heterocycles. The van der Waals surface area contributed by atoms with Gasteiger partial charge >= 0.3 is 6.18 Å². The number of fused-ring (bicyclic) bond motifs is 4. The van der Waals surface area contributed by atoms with Gasteiger partial charge in [-0.15, -0.1) is 0 Å². The highest BCUT2D eigenvalue weighted by Gasteiger charge is 2.37. The van der Waals surface area contributed by atoms with E-state index in [9.17, 15) is 17.6 Å². The van der Waals surface area contributed by atoms with Gasteiger partial charge in [-0.05, 0) is 36.4 Å². The quantitative estimate of drug-likeness (QED) is 0.511. The molecule has 6 rings (SSSR count). The molecule has 0 amide bonds. The normalized spacial score (nSPS) is 20.7. The SMILES string of the molecule is COC1=CC=CC2C1=CC1=CN(C3=Nc4c(F)cccc4[C]N3c3cccc(C(F)(F)F)c3)CCN12. The molecular formula is C27H20F4N4O. The fourth-order valence-corrected chi connectivity index (χ4v) is 4.82. The third kappa shape index (κ3) is 3.66. The number of anilines is 1. The van der Waals surface area contributed by atoms with Crippen molar-refractivity contribution in [1.29, 1.82) is 0 Å². The second-order valence-electron chi connectivity index (χ2n) is 8.65. The number of benzene rings is 2. The molecule has 182 valence electrons. The highest BCUT2D eigenvalue weighted by atomic mass is 19.4. The van der Waals surface area contributed by atoms with E-state index in [2.05, 4.69) is 22.5 Å². The predicted molar refractivity (Wildman–Crippen MR) is 127 cm³/mol. The molecule has 0 fully saturated rings.